The predicted octanol–water partition coefficient (Wildman–Crippen LogP) is 7.86. The highest BCUT2D eigenvalue weighted by Crippen LogP contribution is 2.50. The van der Waals surface area contributed by atoms with Crippen LogP contribution in [0.25, 0.3) is 0 Å². The van der Waals surface area contributed by atoms with Crippen molar-refractivity contribution in [2.75, 3.05) is 37.5 Å². The number of unbranched alkanes of at least 4 members (excludes halogenated alkanes) is 2. The Labute approximate surface area is 330 Å². The van der Waals surface area contributed by atoms with Gasteiger partial charge in [-0.15, -0.1) is 0 Å². The second-order valence-corrected chi connectivity index (χ2v) is 24.7. The number of anilines is 1. The number of amides is 2. The van der Waals surface area contributed by atoms with Crippen molar-refractivity contribution in [3.8, 4) is 5.75 Å². The first-order valence-electron chi connectivity index (χ1n) is 19.8. The molecule has 1 unspecified atom stereocenters. The van der Waals surface area contributed by atoms with Gasteiger partial charge in [-0.2, -0.15) is 4.31 Å². The van der Waals surface area contributed by atoms with Gasteiger partial charge in [0.1, 0.15) is 17.5 Å². The molecule has 2 amide bonds. The molecular weight excluding hydrogens is 741 g/mol. The average Bonchev–Trinajstić information content (AvgIpc) is 3.10. The van der Waals surface area contributed by atoms with Gasteiger partial charge in [-0.3, -0.25) is 9.59 Å². The first-order chi connectivity index (χ1) is 25.8. The summed E-state index contributed by atoms with van der Waals surface area (Å²) in [7, 11) is -4.54. The van der Waals surface area contributed by atoms with E-state index in [2.05, 4.69) is 19.6 Å². The summed E-state index contributed by atoms with van der Waals surface area (Å²) in [6.45, 7) is 14.3. The van der Waals surface area contributed by atoms with Gasteiger partial charge >= 0.3 is 12.1 Å². The van der Waals surface area contributed by atoms with Crippen molar-refractivity contribution in [3.05, 3.63) is 48.6 Å². The zero-order valence-electron chi connectivity index (χ0n) is 34.2. The third-order valence-corrected chi connectivity index (χ3v) is 14.2. The number of benzene rings is 1. The van der Waals surface area contributed by atoms with Crippen LogP contribution in [0.2, 0.25) is 25.7 Å². The normalized spacial score (nSPS) is 24.0. The summed E-state index contributed by atoms with van der Waals surface area (Å²) in [6.07, 6.45) is 11.5. The summed E-state index contributed by atoms with van der Waals surface area (Å²) >= 11 is 0. The number of esters is 1. The van der Waals surface area contributed by atoms with Crippen LogP contribution in [0.1, 0.15) is 85.5 Å². The van der Waals surface area contributed by atoms with Crippen molar-refractivity contribution in [2.24, 2.45) is 11.3 Å². The smallest absolute Gasteiger partial charge is 0.424 e. The van der Waals surface area contributed by atoms with E-state index in [1.807, 2.05) is 30.4 Å². The van der Waals surface area contributed by atoms with Crippen LogP contribution in [-0.4, -0.2) is 95.4 Å². The molecule has 55 heavy (non-hydrogen) atoms. The topological polar surface area (TPSA) is 138 Å². The number of nitrogens with zero attached hydrogens (tertiary/aromatic N) is 2. The molecule has 0 N–H and O–H groups in total. The lowest BCUT2D eigenvalue weighted by atomic mass is 9.61. The molecule has 0 saturated carbocycles. The van der Waals surface area contributed by atoms with Gasteiger partial charge in [0.25, 0.3) is 0 Å². The number of hydrogen-bond donors (Lipinski definition) is 0. The number of rotatable bonds is 17. The van der Waals surface area contributed by atoms with E-state index in [0.29, 0.717) is 56.5 Å². The minimum Gasteiger partial charge on any atom is -0.497 e. The van der Waals surface area contributed by atoms with E-state index in [-0.39, 0.29) is 24.4 Å². The Hall–Kier alpha value is -3.20. The van der Waals surface area contributed by atoms with Gasteiger partial charge in [0.05, 0.1) is 24.3 Å². The van der Waals surface area contributed by atoms with E-state index < -0.39 is 59.2 Å². The van der Waals surface area contributed by atoms with Gasteiger partial charge in [-0.25, -0.2) is 13.2 Å². The molecule has 0 bridgehead atoms. The molecular formula is C41H64N2O10SSi. The Kier molecular flexibility index (Phi) is 15.6. The molecule has 5 atom stereocenters. The van der Waals surface area contributed by atoms with E-state index in [1.54, 1.807) is 51.0 Å². The van der Waals surface area contributed by atoms with E-state index in [4.69, 9.17) is 23.7 Å². The fourth-order valence-corrected chi connectivity index (χ4v) is 12.0. The van der Waals surface area contributed by atoms with Crippen LogP contribution in [0.3, 0.4) is 0 Å². The molecule has 12 nitrogen and oxygen atoms in total. The van der Waals surface area contributed by atoms with Crippen molar-refractivity contribution in [3.63, 3.8) is 0 Å². The van der Waals surface area contributed by atoms with Gasteiger partial charge in [0.15, 0.2) is 6.29 Å². The molecule has 1 aromatic rings. The third-order valence-electron chi connectivity index (χ3n) is 10.3. The van der Waals surface area contributed by atoms with Crippen molar-refractivity contribution < 1.29 is 46.5 Å². The number of carbonyl (C=O) groups excluding carboxylic acids is 3. The minimum atomic E-state index is -4.25. The molecule has 2 saturated heterocycles. The van der Waals surface area contributed by atoms with Gasteiger partial charge in [0, 0.05) is 52.8 Å². The lowest BCUT2D eigenvalue weighted by Crippen LogP contribution is -2.60. The molecule has 2 aliphatic heterocycles. The van der Waals surface area contributed by atoms with Crippen LogP contribution in [0.4, 0.5) is 10.5 Å². The molecule has 4 rings (SSSR count). The molecule has 1 aliphatic carbocycles. The largest absolute Gasteiger partial charge is 0.497 e. The van der Waals surface area contributed by atoms with E-state index >= 15 is 4.79 Å². The zero-order chi connectivity index (χ0) is 40.4. The van der Waals surface area contributed by atoms with E-state index in [1.165, 1.54) is 6.92 Å². The first kappa shape index (κ1) is 44.5. The third kappa shape index (κ3) is 12.6. The van der Waals surface area contributed by atoms with Crippen LogP contribution < -0.4 is 9.64 Å². The highest BCUT2D eigenvalue weighted by Gasteiger charge is 2.56. The average molecular weight is 805 g/mol. The van der Waals surface area contributed by atoms with Crippen LogP contribution in [0, 0.1) is 11.3 Å². The molecule has 0 radical (unpaired) electrons. The Bertz CT molecular complexity index is 1610. The van der Waals surface area contributed by atoms with Crippen LogP contribution in [-0.2, 0) is 38.6 Å². The highest BCUT2D eigenvalue weighted by atomic mass is 32.2. The van der Waals surface area contributed by atoms with Crippen molar-refractivity contribution in [1.29, 1.82) is 0 Å². The van der Waals surface area contributed by atoms with Gasteiger partial charge in [0.2, 0.25) is 15.9 Å². The standard InChI is InChI=1S/C41H64N2O10SSi/c1-31(44)52-36-17-15-24-41(35(36)23-25-42(38(41)45)32-19-21-34(49-5)22-20-32)30-33(16-11-9-10-13-26-50-37-18-12-14-27-51-37)43(39(46)53-40(2,3)4)54(47,48)28-29-55(6,7)8/h11,15-16,19-22,24,33,35-37H,9-10,12-14,17-18,23,25-30H2,1-8H3/b16-11-/t33-,35-,36-,37?,41-/m0/s1. The summed E-state index contributed by atoms with van der Waals surface area (Å²) in [6, 6.07) is 6.55. The van der Waals surface area contributed by atoms with Crippen molar-refractivity contribution in [1.82, 2.24) is 4.31 Å². The fraction of sp³-hybridized carbons (Fsp3) is 0.683. The number of ether oxygens (including phenoxy) is 5. The second-order valence-electron chi connectivity index (χ2n) is 17.1. The summed E-state index contributed by atoms with van der Waals surface area (Å²) < 4.78 is 58.5. The van der Waals surface area contributed by atoms with E-state index in [9.17, 15) is 18.0 Å². The molecule has 14 heteroatoms. The number of hydrogen-bond acceptors (Lipinski definition) is 10. The monoisotopic (exact) mass is 804 g/mol. The Morgan fingerprint density at radius 3 is 2.45 bits per heavy atom. The minimum absolute atomic E-state index is 0.0680. The number of allylic oxidation sites excluding steroid dienone is 1. The second kappa shape index (κ2) is 19.3. The quantitative estimate of drug-likeness (QED) is 0.0662. The Balaban J connectivity index is 1.75. The SMILES string of the molecule is COc1ccc(N2CC[C@H]3[C@@H](OC(C)=O)CC=C[C@@]3(C[C@H](/C=C\CCCCOC3CCCCO3)N(C(=O)OC(C)(C)C)S(=O)(=O)CC[Si](C)(C)C)C2=O)cc1. The number of carbonyl (C=O) groups is 3. The fourth-order valence-electron chi connectivity index (χ4n) is 7.53. The van der Waals surface area contributed by atoms with Crippen LogP contribution in [0.5, 0.6) is 5.75 Å². The first-order valence-corrected chi connectivity index (χ1v) is 25.1. The maximum atomic E-state index is 15.1. The Morgan fingerprint density at radius 2 is 1.84 bits per heavy atom. The number of methoxy groups -OCH3 is 1. The van der Waals surface area contributed by atoms with Crippen LogP contribution in [0.15, 0.2) is 48.6 Å². The summed E-state index contributed by atoms with van der Waals surface area (Å²) in [5.41, 5.74) is -1.66. The zero-order valence-corrected chi connectivity index (χ0v) is 36.0. The number of piperidine rings is 1. The summed E-state index contributed by atoms with van der Waals surface area (Å²) in [4.78, 5) is 43.4. The molecule has 2 heterocycles. The lowest BCUT2D eigenvalue weighted by molar-refractivity contribution is -0.162. The lowest BCUT2D eigenvalue weighted by Gasteiger charge is -2.51. The van der Waals surface area contributed by atoms with Gasteiger partial charge in [-0.1, -0.05) is 43.9 Å². The van der Waals surface area contributed by atoms with Crippen LogP contribution >= 0.6 is 0 Å². The Morgan fingerprint density at radius 1 is 1.11 bits per heavy atom. The maximum absolute atomic E-state index is 15.1. The van der Waals surface area contributed by atoms with Crippen molar-refractivity contribution >= 4 is 41.8 Å². The summed E-state index contributed by atoms with van der Waals surface area (Å²) in [5, 5.41) is 0. The van der Waals surface area contributed by atoms with E-state index in [0.717, 1.165) is 36.4 Å². The molecule has 0 aromatic heterocycles. The van der Waals surface area contributed by atoms with Crippen molar-refractivity contribution in [2.45, 2.75) is 135 Å². The molecule has 3 aliphatic rings. The number of fused-ring (bicyclic) bond motifs is 1. The molecule has 2 fully saturated rings. The molecule has 308 valence electrons. The molecule has 0 spiro atoms. The summed E-state index contributed by atoms with van der Waals surface area (Å²) in [5.74, 6) is -0.779. The molecule has 1 aromatic carbocycles. The maximum Gasteiger partial charge on any atom is 0.424 e. The van der Waals surface area contributed by atoms with Gasteiger partial charge < -0.3 is 28.6 Å². The number of sulfonamides is 1. The predicted molar refractivity (Wildman–Crippen MR) is 216 cm³/mol. The van der Waals surface area contributed by atoms with Gasteiger partial charge in [-0.05, 0) is 102 Å². The highest BCUT2D eigenvalue weighted by molar-refractivity contribution is 7.89.